The van der Waals surface area contributed by atoms with Gasteiger partial charge < -0.3 is 23.8 Å². The second-order valence-electron chi connectivity index (χ2n) is 6.76. The van der Waals surface area contributed by atoms with Gasteiger partial charge in [-0.1, -0.05) is 18.2 Å². The molecule has 1 aliphatic rings. The molecule has 6 heteroatoms. The van der Waals surface area contributed by atoms with E-state index in [-0.39, 0.29) is 19.3 Å². The third-order valence-electron chi connectivity index (χ3n) is 4.93. The maximum Gasteiger partial charge on any atom is 0.260 e. The summed E-state index contributed by atoms with van der Waals surface area (Å²) in [6.07, 6.45) is 0. The standard InChI is InChI=1S/C23H23NO5/c1-3-24(13-16-4-9-21-22(10-16)29-15-28-21)23(25)14-27-20-8-6-17-5-7-19(26-2)11-18(17)12-20/h4-12H,3,13-15H2,1-2H3. The smallest absolute Gasteiger partial charge is 0.260 e. The van der Waals surface area contributed by atoms with E-state index in [2.05, 4.69) is 0 Å². The molecule has 0 spiro atoms. The SMILES string of the molecule is CCN(Cc1ccc2c(c1)OCO2)C(=O)COc1ccc2ccc(OC)cc2c1. The van der Waals surface area contributed by atoms with Crippen LogP contribution < -0.4 is 18.9 Å². The lowest BCUT2D eigenvalue weighted by atomic mass is 10.1. The molecule has 0 aromatic heterocycles. The molecule has 1 heterocycles. The van der Waals surface area contributed by atoms with Crippen molar-refractivity contribution in [1.29, 1.82) is 0 Å². The number of likely N-dealkylation sites (N-methyl/N-ethyl adjacent to an activating group) is 1. The molecule has 0 saturated carbocycles. The zero-order valence-corrected chi connectivity index (χ0v) is 16.5. The molecule has 0 unspecified atom stereocenters. The van der Waals surface area contributed by atoms with Gasteiger partial charge in [0, 0.05) is 13.1 Å². The Bertz CT molecular complexity index is 1030. The maximum absolute atomic E-state index is 12.7. The van der Waals surface area contributed by atoms with E-state index in [0.717, 1.165) is 27.8 Å². The first-order valence-corrected chi connectivity index (χ1v) is 9.53. The van der Waals surface area contributed by atoms with Crippen molar-refractivity contribution in [3.8, 4) is 23.0 Å². The summed E-state index contributed by atoms with van der Waals surface area (Å²) >= 11 is 0. The molecule has 4 rings (SSSR count). The Morgan fingerprint density at radius 3 is 2.52 bits per heavy atom. The lowest BCUT2D eigenvalue weighted by molar-refractivity contribution is -0.133. The van der Waals surface area contributed by atoms with Gasteiger partial charge in [0.2, 0.25) is 6.79 Å². The van der Waals surface area contributed by atoms with Crippen LogP contribution in [0.4, 0.5) is 0 Å². The topological polar surface area (TPSA) is 57.2 Å². The van der Waals surface area contributed by atoms with Crippen molar-refractivity contribution in [3.05, 3.63) is 60.2 Å². The van der Waals surface area contributed by atoms with E-state index >= 15 is 0 Å². The quantitative estimate of drug-likeness (QED) is 0.607. The fourth-order valence-electron chi connectivity index (χ4n) is 3.29. The number of amides is 1. The Balaban J connectivity index is 1.40. The highest BCUT2D eigenvalue weighted by atomic mass is 16.7. The largest absolute Gasteiger partial charge is 0.497 e. The minimum Gasteiger partial charge on any atom is -0.497 e. The molecule has 3 aromatic rings. The van der Waals surface area contributed by atoms with E-state index in [1.807, 2.05) is 61.5 Å². The molecule has 0 bridgehead atoms. The van der Waals surface area contributed by atoms with Crippen molar-refractivity contribution >= 4 is 16.7 Å². The summed E-state index contributed by atoms with van der Waals surface area (Å²) in [4.78, 5) is 14.4. The average molecular weight is 393 g/mol. The predicted octanol–water partition coefficient (Wildman–Crippen LogP) is 4.00. The predicted molar refractivity (Wildman–Crippen MR) is 110 cm³/mol. The first-order valence-electron chi connectivity index (χ1n) is 9.53. The molecule has 1 amide bonds. The van der Waals surface area contributed by atoms with Crippen LogP contribution in [0.1, 0.15) is 12.5 Å². The van der Waals surface area contributed by atoms with Crippen molar-refractivity contribution in [2.45, 2.75) is 13.5 Å². The summed E-state index contributed by atoms with van der Waals surface area (Å²) in [7, 11) is 1.64. The number of nitrogens with zero attached hydrogens (tertiary/aromatic N) is 1. The van der Waals surface area contributed by atoms with Gasteiger partial charge in [0.25, 0.3) is 5.91 Å². The first kappa shape index (κ1) is 18.9. The lowest BCUT2D eigenvalue weighted by Crippen LogP contribution is -2.34. The van der Waals surface area contributed by atoms with E-state index < -0.39 is 0 Å². The van der Waals surface area contributed by atoms with Gasteiger partial charge in [-0.3, -0.25) is 4.79 Å². The average Bonchev–Trinajstić information content (AvgIpc) is 3.23. The molecule has 1 aliphatic heterocycles. The molecule has 6 nitrogen and oxygen atoms in total. The van der Waals surface area contributed by atoms with Crippen LogP contribution in [-0.2, 0) is 11.3 Å². The molecular formula is C23H23NO5. The fourth-order valence-corrected chi connectivity index (χ4v) is 3.29. The molecule has 0 atom stereocenters. The minimum atomic E-state index is -0.0732. The number of rotatable bonds is 7. The highest BCUT2D eigenvalue weighted by Crippen LogP contribution is 2.32. The zero-order valence-electron chi connectivity index (χ0n) is 16.5. The van der Waals surface area contributed by atoms with Crippen LogP contribution in [0.3, 0.4) is 0 Å². The van der Waals surface area contributed by atoms with Gasteiger partial charge in [-0.2, -0.15) is 0 Å². The van der Waals surface area contributed by atoms with Crippen molar-refractivity contribution in [2.75, 3.05) is 27.1 Å². The van der Waals surface area contributed by atoms with Gasteiger partial charge >= 0.3 is 0 Å². The summed E-state index contributed by atoms with van der Waals surface area (Å²) < 4.78 is 21.8. The van der Waals surface area contributed by atoms with Crippen LogP contribution in [0, 0.1) is 0 Å². The van der Waals surface area contributed by atoms with Gasteiger partial charge in [-0.15, -0.1) is 0 Å². The van der Waals surface area contributed by atoms with Crippen molar-refractivity contribution in [3.63, 3.8) is 0 Å². The van der Waals surface area contributed by atoms with Gasteiger partial charge in [0.15, 0.2) is 18.1 Å². The number of benzene rings is 3. The number of hydrogen-bond acceptors (Lipinski definition) is 5. The van der Waals surface area contributed by atoms with Gasteiger partial charge in [0.1, 0.15) is 11.5 Å². The summed E-state index contributed by atoms with van der Waals surface area (Å²) in [5.41, 5.74) is 0.988. The second-order valence-corrected chi connectivity index (χ2v) is 6.76. The molecular weight excluding hydrogens is 370 g/mol. The van der Waals surface area contributed by atoms with Gasteiger partial charge in [0.05, 0.1) is 7.11 Å². The molecule has 3 aromatic carbocycles. The van der Waals surface area contributed by atoms with Crippen LogP contribution in [0.2, 0.25) is 0 Å². The third-order valence-corrected chi connectivity index (χ3v) is 4.93. The Kier molecular flexibility index (Phi) is 5.42. The Morgan fingerprint density at radius 1 is 0.966 bits per heavy atom. The van der Waals surface area contributed by atoms with Gasteiger partial charge in [-0.05, 0) is 59.7 Å². The Labute approximate surface area is 169 Å². The highest BCUT2D eigenvalue weighted by Gasteiger charge is 2.17. The number of carbonyl (C=O) groups excluding carboxylic acids is 1. The summed E-state index contributed by atoms with van der Waals surface area (Å²) in [5, 5.41) is 2.09. The van der Waals surface area contributed by atoms with Crippen molar-refractivity contribution in [1.82, 2.24) is 4.90 Å². The fraction of sp³-hybridized carbons (Fsp3) is 0.261. The van der Waals surface area contributed by atoms with E-state index in [1.54, 1.807) is 12.0 Å². The second kappa shape index (κ2) is 8.31. The third kappa shape index (κ3) is 4.21. The number of carbonyl (C=O) groups is 1. The lowest BCUT2D eigenvalue weighted by Gasteiger charge is -2.21. The number of ether oxygens (including phenoxy) is 4. The Hall–Kier alpha value is -3.41. The number of methoxy groups -OCH3 is 1. The van der Waals surface area contributed by atoms with Crippen LogP contribution >= 0.6 is 0 Å². The summed E-state index contributed by atoms with van der Waals surface area (Å²) in [5.74, 6) is 2.81. The zero-order chi connectivity index (χ0) is 20.2. The maximum atomic E-state index is 12.7. The number of fused-ring (bicyclic) bond motifs is 2. The molecule has 0 aliphatic carbocycles. The molecule has 150 valence electrons. The molecule has 0 N–H and O–H groups in total. The summed E-state index contributed by atoms with van der Waals surface area (Å²) in [6.45, 7) is 3.25. The molecule has 0 fully saturated rings. The van der Waals surface area contributed by atoms with E-state index in [1.165, 1.54) is 0 Å². The first-order chi connectivity index (χ1) is 14.2. The minimum absolute atomic E-state index is 0.0200. The molecule has 0 radical (unpaired) electrons. The van der Waals surface area contributed by atoms with Crippen LogP contribution in [0.15, 0.2) is 54.6 Å². The van der Waals surface area contributed by atoms with Crippen LogP contribution in [0.25, 0.3) is 10.8 Å². The van der Waals surface area contributed by atoms with E-state index in [0.29, 0.717) is 24.6 Å². The van der Waals surface area contributed by atoms with E-state index in [4.69, 9.17) is 18.9 Å². The van der Waals surface area contributed by atoms with Crippen LogP contribution in [-0.4, -0.2) is 37.9 Å². The van der Waals surface area contributed by atoms with Crippen molar-refractivity contribution < 1.29 is 23.7 Å². The van der Waals surface area contributed by atoms with Crippen molar-refractivity contribution in [2.24, 2.45) is 0 Å². The van der Waals surface area contributed by atoms with Crippen LogP contribution in [0.5, 0.6) is 23.0 Å². The number of hydrogen-bond donors (Lipinski definition) is 0. The molecule has 29 heavy (non-hydrogen) atoms. The normalized spacial score (nSPS) is 12.1. The van der Waals surface area contributed by atoms with E-state index in [9.17, 15) is 4.79 Å². The Morgan fingerprint density at radius 2 is 1.72 bits per heavy atom. The van der Waals surface area contributed by atoms with Gasteiger partial charge in [-0.25, -0.2) is 0 Å². The monoisotopic (exact) mass is 393 g/mol. The molecule has 0 saturated heterocycles. The summed E-state index contributed by atoms with van der Waals surface area (Å²) in [6, 6.07) is 17.3. The highest BCUT2D eigenvalue weighted by molar-refractivity contribution is 5.85.